The number of hydrogen-bond donors (Lipinski definition) is 1. The predicted molar refractivity (Wildman–Crippen MR) is 93.3 cm³/mol. The van der Waals surface area contributed by atoms with Gasteiger partial charge in [-0.05, 0) is 47.6 Å². The van der Waals surface area contributed by atoms with E-state index in [9.17, 15) is 18.0 Å². The minimum absolute atomic E-state index is 0.0189. The molecule has 3 nitrogen and oxygen atoms in total. The Morgan fingerprint density at radius 1 is 1.23 bits per heavy atom. The summed E-state index contributed by atoms with van der Waals surface area (Å²) in [6.45, 7) is 3.90. The summed E-state index contributed by atoms with van der Waals surface area (Å²) in [6, 6.07) is 5.04. The molecule has 1 amide bonds. The smallest absolute Gasteiger partial charge is 0.349 e. The maximum absolute atomic E-state index is 12.8. The topological polar surface area (TPSA) is 42.0 Å². The third-order valence-corrected chi connectivity index (χ3v) is 5.01. The average molecular weight is 362 g/mol. The lowest BCUT2D eigenvalue weighted by molar-refractivity contribution is -0.137. The molecule has 6 heteroatoms. The zero-order chi connectivity index (χ0) is 18.9. The second-order valence-electron chi connectivity index (χ2n) is 6.74. The quantitative estimate of drug-likeness (QED) is 0.842. The van der Waals surface area contributed by atoms with Gasteiger partial charge in [-0.2, -0.15) is 13.2 Å². The number of alkyl halides is 3. The number of nitrogens with zero attached hydrogens (tertiary/aromatic N) is 1. The van der Waals surface area contributed by atoms with E-state index in [-0.39, 0.29) is 17.9 Å². The van der Waals surface area contributed by atoms with E-state index < -0.39 is 11.7 Å². The molecule has 0 fully saturated rings. The highest BCUT2D eigenvalue weighted by Gasteiger charge is 2.31. The second-order valence-corrected chi connectivity index (χ2v) is 6.74. The number of rotatable bonds is 3. The number of carbonyl (C=O) groups excluding carboxylic acids is 1. The van der Waals surface area contributed by atoms with Crippen molar-refractivity contribution in [3.05, 3.63) is 53.3 Å². The highest BCUT2D eigenvalue weighted by atomic mass is 19.4. The summed E-state index contributed by atoms with van der Waals surface area (Å²) in [5.41, 5.74) is 2.89. The molecule has 1 heterocycles. The molecule has 26 heavy (non-hydrogen) atoms. The molecule has 0 bridgehead atoms. The Hall–Kier alpha value is -2.37. The van der Waals surface area contributed by atoms with Crippen LogP contribution in [0, 0.1) is 5.92 Å². The molecule has 1 aliphatic carbocycles. The molecule has 1 aromatic heterocycles. The monoisotopic (exact) mass is 362 g/mol. The van der Waals surface area contributed by atoms with Crippen molar-refractivity contribution in [2.75, 3.05) is 0 Å². The van der Waals surface area contributed by atoms with Crippen LogP contribution in [0.3, 0.4) is 0 Å². The lowest BCUT2D eigenvalue weighted by Gasteiger charge is -2.33. The van der Waals surface area contributed by atoms with Crippen molar-refractivity contribution in [2.45, 2.75) is 45.3 Å². The van der Waals surface area contributed by atoms with E-state index in [1.54, 1.807) is 19.3 Å². The summed E-state index contributed by atoms with van der Waals surface area (Å²) in [4.78, 5) is 16.2. The van der Waals surface area contributed by atoms with Gasteiger partial charge in [0.05, 0.1) is 11.6 Å². The summed E-state index contributed by atoms with van der Waals surface area (Å²) in [7, 11) is 0. The van der Waals surface area contributed by atoms with Crippen molar-refractivity contribution >= 4 is 5.91 Å². The molecular formula is C20H21F3N2O. The first-order valence-electron chi connectivity index (χ1n) is 8.75. The first-order valence-corrected chi connectivity index (χ1v) is 8.75. The fraction of sp³-hybridized carbons (Fsp3) is 0.400. The Balaban J connectivity index is 2.00. The van der Waals surface area contributed by atoms with Gasteiger partial charge < -0.3 is 5.32 Å². The molecule has 0 unspecified atom stereocenters. The fourth-order valence-electron chi connectivity index (χ4n) is 3.48. The van der Waals surface area contributed by atoms with Crippen molar-refractivity contribution in [3.8, 4) is 11.1 Å². The Labute approximate surface area is 150 Å². The van der Waals surface area contributed by atoms with E-state index >= 15 is 0 Å². The normalized spacial score (nSPS) is 19.7. The Kier molecular flexibility index (Phi) is 5.03. The van der Waals surface area contributed by atoms with E-state index in [1.807, 2.05) is 0 Å². The molecule has 0 saturated carbocycles. The maximum atomic E-state index is 12.8. The molecule has 2 aromatic rings. The van der Waals surface area contributed by atoms with Crippen LogP contribution < -0.4 is 5.32 Å². The van der Waals surface area contributed by atoms with Crippen LogP contribution in [0.5, 0.6) is 0 Å². The summed E-state index contributed by atoms with van der Waals surface area (Å²) in [6.07, 6.45) is 1.23. The van der Waals surface area contributed by atoms with Crippen molar-refractivity contribution in [2.24, 2.45) is 5.92 Å². The lowest BCUT2D eigenvalue weighted by atomic mass is 9.79. The molecule has 0 saturated heterocycles. The van der Waals surface area contributed by atoms with E-state index in [0.29, 0.717) is 12.0 Å². The van der Waals surface area contributed by atoms with Gasteiger partial charge in [0.15, 0.2) is 0 Å². The highest BCUT2D eigenvalue weighted by Crippen LogP contribution is 2.39. The van der Waals surface area contributed by atoms with Crippen LogP contribution in [0.25, 0.3) is 11.1 Å². The third kappa shape index (κ3) is 3.59. The third-order valence-electron chi connectivity index (χ3n) is 5.01. The van der Waals surface area contributed by atoms with Crippen LogP contribution in [0.1, 0.15) is 49.4 Å². The van der Waals surface area contributed by atoms with Gasteiger partial charge in [0, 0.05) is 24.4 Å². The molecule has 1 N–H and O–H groups in total. The number of carbonyl (C=O) groups is 1. The number of pyridine rings is 1. The van der Waals surface area contributed by atoms with Crippen LogP contribution >= 0.6 is 0 Å². The molecular weight excluding hydrogens is 341 g/mol. The summed E-state index contributed by atoms with van der Waals surface area (Å²) >= 11 is 0. The molecule has 1 aliphatic rings. The van der Waals surface area contributed by atoms with Gasteiger partial charge in [0.25, 0.3) is 0 Å². The van der Waals surface area contributed by atoms with Crippen molar-refractivity contribution in [1.29, 1.82) is 0 Å². The molecule has 0 aliphatic heterocycles. The van der Waals surface area contributed by atoms with E-state index in [4.69, 9.17) is 0 Å². The van der Waals surface area contributed by atoms with Crippen molar-refractivity contribution in [1.82, 2.24) is 10.3 Å². The van der Waals surface area contributed by atoms with Crippen LogP contribution in [0.2, 0.25) is 0 Å². The van der Waals surface area contributed by atoms with E-state index in [0.717, 1.165) is 41.7 Å². The van der Waals surface area contributed by atoms with Gasteiger partial charge in [0.2, 0.25) is 5.91 Å². The molecule has 1 aromatic carbocycles. The molecule has 2 atom stereocenters. The Morgan fingerprint density at radius 2 is 1.92 bits per heavy atom. The Morgan fingerprint density at radius 3 is 2.54 bits per heavy atom. The van der Waals surface area contributed by atoms with Crippen molar-refractivity contribution in [3.63, 3.8) is 0 Å². The Bertz CT molecular complexity index is 800. The van der Waals surface area contributed by atoms with Gasteiger partial charge in [-0.15, -0.1) is 0 Å². The number of nitrogens with one attached hydrogen (secondary N) is 1. The largest absolute Gasteiger partial charge is 0.416 e. The highest BCUT2D eigenvalue weighted by molar-refractivity contribution is 5.76. The maximum Gasteiger partial charge on any atom is 0.416 e. The first-order chi connectivity index (χ1) is 12.3. The van der Waals surface area contributed by atoms with E-state index in [2.05, 4.69) is 17.2 Å². The molecule has 3 rings (SSSR count). The van der Waals surface area contributed by atoms with E-state index in [1.165, 1.54) is 12.1 Å². The van der Waals surface area contributed by atoms with Gasteiger partial charge in [-0.3, -0.25) is 9.78 Å². The molecule has 138 valence electrons. The minimum Gasteiger partial charge on any atom is -0.349 e. The lowest BCUT2D eigenvalue weighted by Crippen LogP contribution is -2.35. The number of amides is 1. The second kappa shape index (κ2) is 7.09. The predicted octanol–water partition coefficient (Wildman–Crippen LogP) is 4.92. The van der Waals surface area contributed by atoms with Crippen molar-refractivity contribution < 1.29 is 18.0 Å². The number of aromatic nitrogens is 1. The zero-order valence-electron chi connectivity index (χ0n) is 14.7. The van der Waals surface area contributed by atoms with Gasteiger partial charge >= 0.3 is 6.18 Å². The average Bonchev–Trinajstić information content (AvgIpc) is 2.62. The first kappa shape index (κ1) is 18.4. The number of fused-ring (bicyclic) bond motifs is 1. The summed E-state index contributed by atoms with van der Waals surface area (Å²) in [5.74, 6) is 0.261. The van der Waals surface area contributed by atoms with Gasteiger partial charge in [-0.1, -0.05) is 26.0 Å². The van der Waals surface area contributed by atoms with Crippen LogP contribution in [0.4, 0.5) is 13.2 Å². The minimum atomic E-state index is -4.35. The van der Waals surface area contributed by atoms with Gasteiger partial charge in [-0.25, -0.2) is 0 Å². The van der Waals surface area contributed by atoms with Crippen LogP contribution in [0.15, 0.2) is 36.7 Å². The SMILES string of the molecule is CCC(=O)N[C@H]1c2cncc(-c3ccc(C(F)(F)F)cc3)c2CC[C@@H]1C. The molecule has 0 spiro atoms. The fourth-order valence-corrected chi connectivity index (χ4v) is 3.48. The summed E-state index contributed by atoms with van der Waals surface area (Å²) < 4.78 is 38.4. The standard InChI is InChI=1S/C20H21F3N2O/c1-3-18(26)25-19-12(2)4-9-15-16(10-24-11-17(15)19)13-5-7-14(8-6-13)20(21,22)23/h5-8,10-12,19H,3-4,9H2,1-2H3,(H,25,26)/t12-,19+/m0/s1. The van der Waals surface area contributed by atoms with Crippen LogP contribution in [-0.2, 0) is 17.4 Å². The van der Waals surface area contributed by atoms with Crippen LogP contribution in [-0.4, -0.2) is 10.9 Å². The number of hydrogen-bond acceptors (Lipinski definition) is 2. The number of halogens is 3. The van der Waals surface area contributed by atoms with Gasteiger partial charge in [0.1, 0.15) is 0 Å². The molecule has 0 radical (unpaired) electrons. The zero-order valence-corrected chi connectivity index (χ0v) is 14.7. The summed E-state index contributed by atoms with van der Waals surface area (Å²) in [5, 5.41) is 3.05. The number of benzene rings is 1.